The van der Waals surface area contributed by atoms with Crippen LogP contribution in [-0.4, -0.2) is 25.5 Å². The minimum Gasteiger partial charge on any atom is -0.290 e. The quantitative estimate of drug-likeness (QED) is 0.528. The van der Waals surface area contributed by atoms with Gasteiger partial charge in [-0.05, 0) is 36.8 Å². The van der Waals surface area contributed by atoms with Gasteiger partial charge in [-0.1, -0.05) is 30.0 Å². The number of thiazole rings is 1. The first-order chi connectivity index (χ1) is 12.7. The second-order valence-corrected chi connectivity index (χ2v) is 7.73. The molecule has 3 aromatic heterocycles. The second-order valence-electron chi connectivity index (χ2n) is 5.65. The molecule has 1 amide bonds. The predicted molar refractivity (Wildman–Crippen MR) is 104 cm³/mol. The summed E-state index contributed by atoms with van der Waals surface area (Å²) in [5, 5.41) is 12.9. The summed E-state index contributed by atoms with van der Waals surface area (Å²) in [7, 11) is 0. The van der Waals surface area contributed by atoms with Crippen molar-refractivity contribution >= 4 is 40.6 Å². The molecule has 0 fully saturated rings. The van der Waals surface area contributed by atoms with Gasteiger partial charge in [-0.2, -0.15) is 0 Å². The molecule has 0 unspecified atom stereocenters. The lowest BCUT2D eigenvalue weighted by molar-refractivity contribution is 0.102. The van der Waals surface area contributed by atoms with Crippen LogP contribution in [0.25, 0.3) is 5.65 Å². The molecule has 0 aliphatic rings. The molecule has 0 saturated heterocycles. The van der Waals surface area contributed by atoms with Crippen LogP contribution in [0.5, 0.6) is 0 Å². The Morgan fingerprint density at radius 3 is 2.81 bits per heavy atom. The molecule has 0 spiro atoms. The van der Waals surface area contributed by atoms with E-state index in [1.54, 1.807) is 27.5 Å². The van der Waals surface area contributed by atoms with Crippen LogP contribution >= 0.6 is 23.1 Å². The molecular formula is C18H15N5OS2. The van der Waals surface area contributed by atoms with Crippen molar-refractivity contribution in [1.82, 2.24) is 19.6 Å². The Hall–Kier alpha value is -2.71. The Kier molecular flexibility index (Phi) is 4.68. The van der Waals surface area contributed by atoms with E-state index in [0.717, 1.165) is 21.3 Å². The number of fused-ring (bicyclic) bond motifs is 1. The van der Waals surface area contributed by atoms with Gasteiger partial charge in [0.1, 0.15) is 4.34 Å². The highest BCUT2D eigenvalue weighted by Gasteiger charge is 2.11. The maximum Gasteiger partial charge on any atom is 0.258 e. The van der Waals surface area contributed by atoms with Gasteiger partial charge in [0.2, 0.25) is 5.95 Å². The third-order valence-electron chi connectivity index (χ3n) is 3.72. The molecule has 1 N–H and O–H groups in total. The molecule has 3 heterocycles. The number of thioether (sulfide) groups is 1. The van der Waals surface area contributed by atoms with Crippen molar-refractivity contribution in [1.29, 1.82) is 0 Å². The van der Waals surface area contributed by atoms with Crippen molar-refractivity contribution in [2.75, 3.05) is 5.32 Å². The van der Waals surface area contributed by atoms with Crippen LogP contribution in [0.2, 0.25) is 0 Å². The van der Waals surface area contributed by atoms with E-state index in [1.807, 2.05) is 61.0 Å². The van der Waals surface area contributed by atoms with Gasteiger partial charge in [0.05, 0.1) is 0 Å². The maximum atomic E-state index is 12.4. The van der Waals surface area contributed by atoms with Crippen molar-refractivity contribution in [2.24, 2.45) is 0 Å². The Morgan fingerprint density at radius 1 is 1.19 bits per heavy atom. The van der Waals surface area contributed by atoms with Crippen LogP contribution in [0, 0.1) is 6.92 Å². The number of aryl methyl sites for hydroxylation is 1. The van der Waals surface area contributed by atoms with Gasteiger partial charge in [-0.15, -0.1) is 21.5 Å². The summed E-state index contributed by atoms with van der Waals surface area (Å²) in [5.41, 5.74) is 3.46. The number of carbonyl (C=O) groups is 1. The molecule has 26 heavy (non-hydrogen) atoms. The van der Waals surface area contributed by atoms with E-state index in [4.69, 9.17) is 0 Å². The Bertz CT molecular complexity index is 1050. The highest BCUT2D eigenvalue weighted by Crippen LogP contribution is 2.26. The summed E-state index contributed by atoms with van der Waals surface area (Å²) in [4.78, 5) is 16.9. The number of rotatable bonds is 5. The van der Waals surface area contributed by atoms with E-state index >= 15 is 0 Å². The summed E-state index contributed by atoms with van der Waals surface area (Å²) in [6.45, 7) is 1.99. The largest absolute Gasteiger partial charge is 0.290 e. The van der Waals surface area contributed by atoms with Crippen LogP contribution < -0.4 is 5.32 Å². The van der Waals surface area contributed by atoms with E-state index in [1.165, 1.54) is 0 Å². The van der Waals surface area contributed by atoms with E-state index in [9.17, 15) is 4.79 Å². The van der Waals surface area contributed by atoms with Gasteiger partial charge < -0.3 is 0 Å². The van der Waals surface area contributed by atoms with Crippen molar-refractivity contribution in [3.8, 4) is 0 Å². The first kappa shape index (κ1) is 16.7. The van der Waals surface area contributed by atoms with Gasteiger partial charge in [-0.3, -0.25) is 14.5 Å². The monoisotopic (exact) mass is 381 g/mol. The maximum absolute atomic E-state index is 12.4. The average molecular weight is 381 g/mol. The minimum atomic E-state index is -0.210. The molecule has 0 saturated carbocycles. The van der Waals surface area contributed by atoms with Gasteiger partial charge >= 0.3 is 0 Å². The van der Waals surface area contributed by atoms with Crippen molar-refractivity contribution in [3.63, 3.8) is 0 Å². The summed E-state index contributed by atoms with van der Waals surface area (Å²) in [6.07, 6.45) is 1.81. The molecule has 0 radical (unpaired) electrons. The molecule has 0 aliphatic carbocycles. The normalized spacial score (nSPS) is 11.0. The number of hydrogen-bond acceptors (Lipinski definition) is 6. The molecule has 0 bridgehead atoms. The number of nitrogens with one attached hydrogen (secondary N) is 1. The van der Waals surface area contributed by atoms with Gasteiger partial charge in [-0.25, -0.2) is 4.98 Å². The number of aromatic nitrogens is 4. The van der Waals surface area contributed by atoms with Crippen molar-refractivity contribution < 1.29 is 4.79 Å². The summed E-state index contributed by atoms with van der Waals surface area (Å²) < 4.78 is 2.79. The molecule has 8 heteroatoms. The molecule has 0 atom stereocenters. The Labute approximate surface area is 158 Å². The smallest absolute Gasteiger partial charge is 0.258 e. The van der Waals surface area contributed by atoms with Crippen LogP contribution in [0.4, 0.5) is 5.95 Å². The Morgan fingerprint density at radius 2 is 2.04 bits per heavy atom. The average Bonchev–Trinajstić information content (AvgIpc) is 3.27. The fraction of sp³-hybridized carbons (Fsp3) is 0.111. The van der Waals surface area contributed by atoms with Crippen molar-refractivity contribution in [3.05, 3.63) is 70.9 Å². The third kappa shape index (κ3) is 3.61. The summed E-state index contributed by atoms with van der Waals surface area (Å²) in [6, 6.07) is 13.1. The molecule has 6 nitrogen and oxygen atoms in total. The lowest BCUT2D eigenvalue weighted by atomic mass is 10.1. The fourth-order valence-corrected chi connectivity index (χ4v) is 4.20. The fourth-order valence-electron chi connectivity index (χ4n) is 2.40. The number of carbonyl (C=O) groups excluding carboxylic acids is 1. The highest BCUT2D eigenvalue weighted by molar-refractivity contribution is 8.00. The first-order valence-corrected chi connectivity index (χ1v) is 9.80. The SMILES string of the molecule is Cc1csc(SCc2ccc(C(=O)Nc3nnc4ccccn34)cc2)n1. The first-order valence-electron chi connectivity index (χ1n) is 7.94. The number of amides is 1. The van der Waals surface area contributed by atoms with Gasteiger partial charge in [0, 0.05) is 28.6 Å². The van der Waals surface area contributed by atoms with Crippen LogP contribution in [0.1, 0.15) is 21.6 Å². The zero-order chi connectivity index (χ0) is 17.9. The van der Waals surface area contributed by atoms with Crippen molar-refractivity contribution in [2.45, 2.75) is 17.0 Å². The topological polar surface area (TPSA) is 72.2 Å². The zero-order valence-corrected chi connectivity index (χ0v) is 15.5. The van der Waals surface area contributed by atoms with Crippen LogP contribution in [0.3, 0.4) is 0 Å². The van der Waals surface area contributed by atoms with Gasteiger partial charge in [0.15, 0.2) is 5.65 Å². The van der Waals surface area contributed by atoms with Crippen LogP contribution in [0.15, 0.2) is 58.4 Å². The summed E-state index contributed by atoms with van der Waals surface area (Å²) in [5.74, 6) is 1.02. The number of anilines is 1. The number of hydrogen-bond donors (Lipinski definition) is 1. The second kappa shape index (κ2) is 7.27. The summed E-state index contributed by atoms with van der Waals surface area (Å²) >= 11 is 3.35. The van der Waals surface area contributed by atoms with E-state index in [-0.39, 0.29) is 5.91 Å². The minimum absolute atomic E-state index is 0.210. The molecular weight excluding hydrogens is 366 g/mol. The number of pyridine rings is 1. The van der Waals surface area contributed by atoms with E-state index in [0.29, 0.717) is 17.2 Å². The lowest BCUT2D eigenvalue weighted by Gasteiger charge is -2.05. The Balaban J connectivity index is 1.42. The van der Waals surface area contributed by atoms with Crippen LogP contribution in [-0.2, 0) is 5.75 Å². The molecule has 0 aliphatic heterocycles. The molecule has 4 rings (SSSR count). The molecule has 4 aromatic rings. The zero-order valence-electron chi connectivity index (χ0n) is 13.9. The number of benzene rings is 1. The third-order valence-corrected chi connectivity index (χ3v) is 5.93. The lowest BCUT2D eigenvalue weighted by Crippen LogP contribution is -2.14. The highest BCUT2D eigenvalue weighted by atomic mass is 32.2. The standard InChI is InChI=1S/C18H15N5OS2/c1-12-10-25-18(19-12)26-11-13-5-7-14(8-6-13)16(24)20-17-22-21-15-4-2-3-9-23(15)17/h2-10H,11H2,1H3,(H,20,22,24). The van der Waals surface area contributed by atoms with E-state index in [2.05, 4.69) is 20.5 Å². The van der Waals surface area contributed by atoms with Gasteiger partial charge in [0.25, 0.3) is 5.91 Å². The predicted octanol–water partition coefficient (Wildman–Crippen LogP) is 4.04. The number of nitrogens with zero attached hydrogens (tertiary/aromatic N) is 4. The molecule has 130 valence electrons. The molecule has 1 aromatic carbocycles. The van der Waals surface area contributed by atoms with E-state index < -0.39 is 0 Å².